The summed E-state index contributed by atoms with van der Waals surface area (Å²) in [6.07, 6.45) is 1.73. The molecular weight excluding hydrogens is 441 g/mol. The number of aliphatic hydroxyl groups excluding tert-OH is 5. The van der Waals surface area contributed by atoms with Gasteiger partial charge in [0.15, 0.2) is 0 Å². The average molecular weight is 480 g/mol. The second kappa shape index (κ2) is 18.6. The predicted octanol–water partition coefficient (Wildman–Crippen LogP) is -3.32. The molecule has 0 aliphatic carbocycles. The first-order valence-corrected chi connectivity index (χ1v) is 12.2. The third kappa shape index (κ3) is 16.4. The summed E-state index contributed by atoms with van der Waals surface area (Å²) in [5.74, 6) is -1.84. The molecule has 0 unspecified atom stereocenters. The molecule has 0 aromatic carbocycles. The molecule has 0 radical (unpaired) electrons. The third-order valence-corrected chi connectivity index (χ3v) is 5.52. The van der Waals surface area contributed by atoms with Crippen LogP contribution in [0.1, 0.15) is 71.1 Å². The van der Waals surface area contributed by atoms with Crippen LogP contribution in [0.15, 0.2) is 0 Å². The summed E-state index contributed by atoms with van der Waals surface area (Å²) in [4.78, 5) is 12.9. The second-order valence-corrected chi connectivity index (χ2v) is 9.05. The molecule has 0 spiro atoms. The smallest absolute Gasteiger partial charge is 0.747 e. The Morgan fingerprint density at radius 2 is 1.32 bits per heavy atom. The Bertz CT molecular complexity index is 565. The van der Waals surface area contributed by atoms with Gasteiger partial charge >= 0.3 is 29.6 Å². The van der Waals surface area contributed by atoms with Gasteiger partial charge < -0.3 is 35.0 Å². The van der Waals surface area contributed by atoms with Crippen LogP contribution in [0, 0.1) is 0 Å². The first-order chi connectivity index (χ1) is 14.0. The fourth-order valence-electron chi connectivity index (χ4n) is 3.06. The molecule has 0 heterocycles. The van der Waals surface area contributed by atoms with E-state index in [4.69, 9.17) is 5.11 Å². The van der Waals surface area contributed by atoms with Crippen LogP contribution in [0.5, 0.6) is 0 Å². The van der Waals surface area contributed by atoms with E-state index in [9.17, 15) is 38.2 Å². The fourth-order valence-corrected chi connectivity index (χ4v) is 3.69. The molecule has 0 aromatic rings. The van der Waals surface area contributed by atoms with Crippen molar-refractivity contribution in [1.29, 1.82) is 0 Å². The van der Waals surface area contributed by atoms with E-state index in [1.165, 1.54) is 25.7 Å². The number of rotatable bonds is 18. The number of nitrogens with zero attached hydrogens (tertiary/aromatic N) is 1. The molecule has 0 rings (SSSR count). The van der Waals surface area contributed by atoms with Gasteiger partial charge in [-0.25, -0.2) is 8.42 Å². The standard InChI is InChI=1S/C19H39NO9S.Na/c1-2-3-4-5-6-7-8-9-10-11-17(24)20(14-30(27,28)29)12-15(22)18(25)19(26)16(23)13-21;/h15-16,18-19,21-23,25-26H,2-14H2,1H3,(H,27,28,29);/q;+1/p-1/t15-,16+,18+,19+;/m0./s1. The third-order valence-electron chi connectivity index (χ3n) is 4.89. The van der Waals surface area contributed by atoms with Gasteiger partial charge in [-0.15, -0.1) is 0 Å². The zero-order valence-corrected chi connectivity index (χ0v) is 21.5. The Labute approximate surface area is 207 Å². The van der Waals surface area contributed by atoms with Gasteiger partial charge in [-0.1, -0.05) is 58.3 Å². The van der Waals surface area contributed by atoms with Crippen LogP contribution in [0.4, 0.5) is 0 Å². The normalized spacial score (nSPS) is 15.6. The zero-order chi connectivity index (χ0) is 23.2. The quantitative estimate of drug-likeness (QED) is 0.0764. The molecule has 0 aromatic heterocycles. The van der Waals surface area contributed by atoms with Gasteiger partial charge in [0.2, 0.25) is 5.91 Å². The number of aliphatic hydroxyl groups is 5. The van der Waals surface area contributed by atoms with Gasteiger partial charge in [-0.2, -0.15) is 0 Å². The van der Waals surface area contributed by atoms with E-state index >= 15 is 0 Å². The maximum atomic E-state index is 12.3. The maximum absolute atomic E-state index is 12.3. The first-order valence-electron chi connectivity index (χ1n) is 10.6. The van der Waals surface area contributed by atoms with E-state index in [-0.39, 0.29) is 36.0 Å². The summed E-state index contributed by atoms with van der Waals surface area (Å²) in [7, 11) is -4.82. The SMILES string of the molecule is CCCCCCCCCCCC(=O)N(C[C@H](O)[C@@H](O)[C@H](O)[C@H](O)CO)CS(=O)(=O)[O-].[Na+]. The molecule has 0 saturated heterocycles. The van der Waals surface area contributed by atoms with Crippen LogP contribution in [-0.2, 0) is 14.9 Å². The zero-order valence-electron chi connectivity index (χ0n) is 18.7. The first kappa shape index (κ1) is 33.4. The van der Waals surface area contributed by atoms with Crippen molar-refractivity contribution in [2.24, 2.45) is 0 Å². The van der Waals surface area contributed by atoms with Crippen molar-refractivity contribution in [1.82, 2.24) is 4.90 Å². The summed E-state index contributed by atoms with van der Waals surface area (Å²) in [5, 5.41) is 47.6. The van der Waals surface area contributed by atoms with Crippen LogP contribution in [0.25, 0.3) is 0 Å². The fraction of sp³-hybridized carbons (Fsp3) is 0.947. The van der Waals surface area contributed by atoms with E-state index in [0.717, 1.165) is 25.7 Å². The van der Waals surface area contributed by atoms with Crippen LogP contribution in [-0.4, -0.2) is 92.8 Å². The summed E-state index contributed by atoms with van der Waals surface area (Å²) >= 11 is 0. The van der Waals surface area contributed by atoms with Gasteiger partial charge in [-0.3, -0.25) is 4.79 Å². The largest absolute Gasteiger partial charge is 1.00 e. The van der Waals surface area contributed by atoms with Crippen LogP contribution in [0.2, 0.25) is 0 Å². The number of amides is 1. The monoisotopic (exact) mass is 479 g/mol. The van der Waals surface area contributed by atoms with Crippen LogP contribution < -0.4 is 29.6 Å². The average Bonchev–Trinajstić information content (AvgIpc) is 2.68. The van der Waals surface area contributed by atoms with Crippen LogP contribution in [0.3, 0.4) is 0 Å². The minimum Gasteiger partial charge on any atom is -0.747 e. The van der Waals surface area contributed by atoms with Gasteiger partial charge in [0, 0.05) is 6.42 Å². The Kier molecular flexibility index (Phi) is 20.0. The van der Waals surface area contributed by atoms with Crippen molar-refractivity contribution < 1.29 is 72.9 Å². The van der Waals surface area contributed by atoms with E-state index in [0.29, 0.717) is 11.3 Å². The Hall–Kier alpha value is 0.180. The van der Waals surface area contributed by atoms with Gasteiger partial charge in [0.1, 0.15) is 40.4 Å². The summed E-state index contributed by atoms with van der Waals surface area (Å²) in [5.41, 5.74) is 0. The summed E-state index contributed by atoms with van der Waals surface area (Å²) in [6.45, 7) is 0.563. The molecule has 180 valence electrons. The van der Waals surface area contributed by atoms with Crippen molar-refractivity contribution in [3.05, 3.63) is 0 Å². The van der Waals surface area contributed by atoms with Crippen molar-refractivity contribution in [3.63, 3.8) is 0 Å². The molecule has 31 heavy (non-hydrogen) atoms. The molecule has 0 aliphatic heterocycles. The molecule has 10 nitrogen and oxygen atoms in total. The minimum absolute atomic E-state index is 0. The van der Waals surface area contributed by atoms with E-state index in [2.05, 4.69) is 6.92 Å². The molecule has 0 aliphatic rings. The molecule has 5 N–H and O–H groups in total. The molecule has 0 saturated carbocycles. The minimum atomic E-state index is -4.82. The molecule has 0 bridgehead atoms. The Balaban J connectivity index is 0. The second-order valence-electron chi connectivity index (χ2n) is 7.68. The number of carbonyl (C=O) groups excluding carboxylic acids is 1. The van der Waals surface area contributed by atoms with Crippen molar-refractivity contribution >= 4 is 16.0 Å². The summed E-state index contributed by atoms with van der Waals surface area (Å²) in [6, 6.07) is 0. The Morgan fingerprint density at radius 1 is 0.871 bits per heavy atom. The molecule has 4 atom stereocenters. The molecule has 0 fully saturated rings. The van der Waals surface area contributed by atoms with Crippen LogP contribution >= 0.6 is 0 Å². The Morgan fingerprint density at radius 3 is 1.77 bits per heavy atom. The van der Waals surface area contributed by atoms with E-state index in [1.54, 1.807) is 0 Å². The van der Waals surface area contributed by atoms with Crippen molar-refractivity contribution in [2.45, 2.75) is 95.5 Å². The molecular formula is C19H38NNaO9S. The number of hydrogen-bond acceptors (Lipinski definition) is 9. The maximum Gasteiger partial charge on any atom is 1.00 e. The summed E-state index contributed by atoms with van der Waals surface area (Å²) < 4.78 is 33.3. The topological polar surface area (TPSA) is 179 Å². The number of hydrogen-bond donors (Lipinski definition) is 5. The predicted molar refractivity (Wildman–Crippen MR) is 109 cm³/mol. The van der Waals surface area contributed by atoms with Gasteiger partial charge in [0.25, 0.3) is 0 Å². The van der Waals surface area contributed by atoms with Crippen molar-refractivity contribution in [3.8, 4) is 0 Å². The van der Waals surface area contributed by atoms with E-state index in [1.807, 2.05) is 0 Å². The number of unbranched alkanes of at least 4 members (excludes halogenated alkanes) is 8. The molecule has 1 amide bonds. The van der Waals surface area contributed by atoms with E-state index < -0.39 is 59.5 Å². The van der Waals surface area contributed by atoms with Crippen molar-refractivity contribution in [2.75, 3.05) is 19.0 Å². The number of carbonyl (C=O) groups is 1. The van der Waals surface area contributed by atoms with Gasteiger partial charge in [0.05, 0.1) is 13.2 Å². The van der Waals surface area contributed by atoms with Gasteiger partial charge in [-0.05, 0) is 6.42 Å². The molecule has 12 heteroatoms.